The molecule has 1 aliphatic heterocycles. The third kappa shape index (κ3) is 1.32. The van der Waals surface area contributed by atoms with E-state index in [9.17, 15) is 0 Å². The van der Waals surface area contributed by atoms with Crippen molar-refractivity contribution in [3.63, 3.8) is 0 Å². The molecule has 0 saturated heterocycles. The Morgan fingerprint density at radius 2 is 2.00 bits per heavy atom. The minimum absolute atomic E-state index is 0.240. The molecule has 3 rings (SSSR count). The summed E-state index contributed by atoms with van der Waals surface area (Å²) in [5, 5.41) is 0. The molecule has 2 saturated carbocycles. The van der Waals surface area contributed by atoms with Crippen LogP contribution in [0.4, 0.5) is 0 Å². The van der Waals surface area contributed by atoms with Crippen molar-refractivity contribution in [2.45, 2.75) is 46.5 Å². The Labute approximate surface area is 110 Å². The fraction of sp³-hybridized carbons (Fsp3) is 0.688. The minimum atomic E-state index is 0.240. The van der Waals surface area contributed by atoms with E-state index < -0.39 is 0 Å². The van der Waals surface area contributed by atoms with Crippen LogP contribution in [0.25, 0.3) is 0 Å². The summed E-state index contributed by atoms with van der Waals surface area (Å²) in [6.07, 6.45) is 9.16. The van der Waals surface area contributed by atoms with Gasteiger partial charge in [-0.05, 0) is 37.2 Å². The Morgan fingerprint density at radius 3 is 2.56 bits per heavy atom. The molecule has 0 spiro atoms. The van der Waals surface area contributed by atoms with Crippen molar-refractivity contribution in [1.82, 2.24) is 0 Å². The third-order valence-corrected chi connectivity index (χ3v) is 5.33. The highest BCUT2D eigenvalue weighted by Crippen LogP contribution is 2.68. The Kier molecular flexibility index (Phi) is 2.33. The van der Waals surface area contributed by atoms with Gasteiger partial charge in [0.15, 0.2) is 0 Å². The second kappa shape index (κ2) is 3.49. The molecule has 2 aliphatic carbocycles. The van der Waals surface area contributed by atoms with Crippen LogP contribution in [0.1, 0.15) is 46.5 Å². The maximum Gasteiger partial charge on any atom is 0.210 e. The summed E-state index contributed by atoms with van der Waals surface area (Å²) in [7, 11) is 0. The number of hydrogen-bond acceptors (Lipinski definition) is 2. The molecule has 18 heavy (non-hydrogen) atoms. The van der Waals surface area contributed by atoms with E-state index in [1.54, 1.807) is 6.08 Å². The fourth-order valence-corrected chi connectivity index (χ4v) is 4.21. The standard InChI is InChI=1S/C16H23NO/c1-5-10-18-12-11-15-6-8-16(9-7-15,13(15)17-12)14(2,3)4/h5,11H,1,6-10H2,2-4H3. The van der Waals surface area contributed by atoms with Crippen LogP contribution in [-0.2, 0) is 4.74 Å². The maximum atomic E-state index is 5.65. The van der Waals surface area contributed by atoms with E-state index in [2.05, 4.69) is 33.4 Å². The topological polar surface area (TPSA) is 21.6 Å². The summed E-state index contributed by atoms with van der Waals surface area (Å²) in [5.74, 6) is 0.831. The maximum absolute atomic E-state index is 5.65. The number of rotatable bonds is 3. The van der Waals surface area contributed by atoms with Crippen molar-refractivity contribution in [2.24, 2.45) is 21.2 Å². The quantitative estimate of drug-likeness (QED) is 0.686. The molecule has 1 heterocycles. The van der Waals surface area contributed by atoms with Crippen LogP contribution in [0.15, 0.2) is 29.6 Å². The number of hydrogen-bond donors (Lipinski definition) is 0. The lowest BCUT2D eigenvalue weighted by molar-refractivity contribution is 0.139. The van der Waals surface area contributed by atoms with Crippen molar-refractivity contribution < 1.29 is 4.74 Å². The average Bonchev–Trinajstić information content (AvgIpc) is 2.87. The van der Waals surface area contributed by atoms with Crippen molar-refractivity contribution in [2.75, 3.05) is 6.61 Å². The molecule has 0 N–H and O–H groups in total. The predicted octanol–water partition coefficient (Wildman–Crippen LogP) is 4.09. The molecule has 0 aromatic heterocycles. The van der Waals surface area contributed by atoms with Crippen LogP contribution in [0, 0.1) is 16.2 Å². The smallest absolute Gasteiger partial charge is 0.210 e. The Bertz CT molecular complexity index is 442. The van der Waals surface area contributed by atoms with Gasteiger partial charge in [-0.2, -0.15) is 0 Å². The van der Waals surface area contributed by atoms with Crippen molar-refractivity contribution >= 4 is 5.71 Å². The number of ether oxygens (including phenoxy) is 1. The normalized spacial score (nSPS) is 37.3. The summed E-state index contributed by atoms with van der Waals surface area (Å²) in [6.45, 7) is 11.3. The Balaban J connectivity index is 1.96. The molecule has 2 nitrogen and oxygen atoms in total. The first-order chi connectivity index (χ1) is 8.44. The van der Waals surface area contributed by atoms with Gasteiger partial charge < -0.3 is 4.74 Å². The van der Waals surface area contributed by atoms with Crippen molar-refractivity contribution in [1.29, 1.82) is 0 Å². The molecule has 98 valence electrons. The summed E-state index contributed by atoms with van der Waals surface area (Å²) >= 11 is 0. The van der Waals surface area contributed by atoms with E-state index in [-0.39, 0.29) is 5.41 Å². The predicted molar refractivity (Wildman–Crippen MR) is 74.5 cm³/mol. The van der Waals surface area contributed by atoms with E-state index in [1.807, 2.05) is 0 Å². The van der Waals surface area contributed by atoms with Gasteiger partial charge in [0.2, 0.25) is 5.88 Å². The van der Waals surface area contributed by atoms with Gasteiger partial charge in [0.05, 0.1) is 0 Å². The van der Waals surface area contributed by atoms with Gasteiger partial charge in [-0.15, -0.1) is 0 Å². The van der Waals surface area contributed by atoms with E-state index in [4.69, 9.17) is 9.73 Å². The SMILES string of the molecule is C=CCOC1=CC23CCC(C(C)(C)C)(CC2)C3=N1. The summed E-state index contributed by atoms with van der Waals surface area (Å²) < 4.78 is 5.65. The lowest BCUT2D eigenvalue weighted by atomic mass is 9.64. The molecule has 0 aromatic rings. The van der Waals surface area contributed by atoms with Crippen LogP contribution < -0.4 is 0 Å². The second-order valence-electron chi connectivity index (χ2n) is 7.03. The first-order valence-corrected chi connectivity index (χ1v) is 7.00. The minimum Gasteiger partial charge on any atom is -0.474 e. The second-order valence-corrected chi connectivity index (χ2v) is 7.03. The number of allylic oxidation sites excluding steroid dienone is 1. The Morgan fingerprint density at radius 1 is 1.33 bits per heavy atom. The molecular weight excluding hydrogens is 222 g/mol. The zero-order valence-corrected chi connectivity index (χ0v) is 11.8. The average molecular weight is 245 g/mol. The molecule has 3 aliphatic rings. The zero-order chi connectivity index (χ0) is 13.0. The Hall–Kier alpha value is -1.05. The lowest BCUT2D eigenvalue weighted by Crippen LogP contribution is -2.37. The molecule has 0 atom stereocenters. The van der Waals surface area contributed by atoms with E-state index in [1.165, 1.54) is 31.4 Å². The summed E-state index contributed by atoms with van der Waals surface area (Å²) in [4.78, 5) is 4.85. The molecule has 0 radical (unpaired) electrons. The molecule has 2 heteroatoms. The molecule has 2 bridgehead atoms. The van der Waals surface area contributed by atoms with E-state index in [0.717, 1.165) is 5.88 Å². The number of nitrogens with zero attached hydrogens (tertiary/aromatic N) is 1. The summed E-state index contributed by atoms with van der Waals surface area (Å²) in [6, 6.07) is 0. The lowest BCUT2D eigenvalue weighted by Gasteiger charge is -2.40. The molecule has 2 fully saturated rings. The molecular formula is C16H23NO. The third-order valence-electron chi connectivity index (χ3n) is 5.33. The highest BCUT2D eigenvalue weighted by molar-refractivity contribution is 6.03. The molecule has 0 unspecified atom stereocenters. The monoisotopic (exact) mass is 245 g/mol. The van der Waals surface area contributed by atoms with Crippen LogP contribution >= 0.6 is 0 Å². The van der Waals surface area contributed by atoms with Gasteiger partial charge in [-0.25, -0.2) is 4.99 Å². The van der Waals surface area contributed by atoms with Crippen molar-refractivity contribution in [3.05, 3.63) is 24.6 Å². The largest absolute Gasteiger partial charge is 0.474 e. The van der Waals surface area contributed by atoms with Gasteiger partial charge in [-0.3, -0.25) is 0 Å². The van der Waals surface area contributed by atoms with Crippen LogP contribution in [0.5, 0.6) is 0 Å². The summed E-state index contributed by atoms with van der Waals surface area (Å²) in [5.41, 5.74) is 2.26. The highest BCUT2D eigenvalue weighted by Gasteiger charge is 2.64. The highest BCUT2D eigenvalue weighted by atomic mass is 16.5. The van der Waals surface area contributed by atoms with Gasteiger partial charge in [-0.1, -0.05) is 33.4 Å². The molecule has 0 amide bonds. The molecule has 0 aromatic carbocycles. The number of aliphatic imine (C=N–C) groups is 1. The first-order valence-electron chi connectivity index (χ1n) is 7.00. The van der Waals surface area contributed by atoms with Crippen LogP contribution in [0.2, 0.25) is 0 Å². The van der Waals surface area contributed by atoms with E-state index in [0.29, 0.717) is 17.4 Å². The van der Waals surface area contributed by atoms with Crippen molar-refractivity contribution in [3.8, 4) is 0 Å². The van der Waals surface area contributed by atoms with Crippen LogP contribution in [0.3, 0.4) is 0 Å². The van der Waals surface area contributed by atoms with Gasteiger partial charge in [0, 0.05) is 16.5 Å². The van der Waals surface area contributed by atoms with Crippen LogP contribution in [-0.4, -0.2) is 12.3 Å². The van der Waals surface area contributed by atoms with Gasteiger partial charge in [0.25, 0.3) is 0 Å². The van der Waals surface area contributed by atoms with Gasteiger partial charge >= 0.3 is 0 Å². The van der Waals surface area contributed by atoms with E-state index >= 15 is 0 Å². The van der Waals surface area contributed by atoms with Gasteiger partial charge in [0.1, 0.15) is 6.61 Å². The fourth-order valence-electron chi connectivity index (χ4n) is 4.21. The zero-order valence-electron chi connectivity index (χ0n) is 11.8. The first kappa shape index (κ1) is 12.0.